The smallest absolute Gasteiger partial charge is 0.198 e. The van der Waals surface area contributed by atoms with Crippen LogP contribution >= 0.6 is 0 Å². The Morgan fingerprint density at radius 1 is 1.17 bits per heavy atom. The first-order valence-electron chi connectivity index (χ1n) is 7.52. The number of aliphatic hydroxyl groups excluding tert-OH is 1. The van der Waals surface area contributed by atoms with Crippen LogP contribution in [0, 0.1) is 0 Å². The largest absolute Gasteiger partial charge is 0.509 e. The fourth-order valence-electron chi connectivity index (χ4n) is 1.94. The van der Waals surface area contributed by atoms with Gasteiger partial charge in [-0.2, -0.15) is 0 Å². The third-order valence-electron chi connectivity index (χ3n) is 3.39. The minimum atomic E-state index is -3.43. The summed E-state index contributed by atoms with van der Waals surface area (Å²) in [6, 6.07) is 0. The maximum Gasteiger partial charge on any atom is 0.198 e. The van der Waals surface area contributed by atoms with Crippen molar-refractivity contribution in [3.63, 3.8) is 0 Å². The maximum atomic E-state index is 12.5. The monoisotopic (exact) mass is 348 g/mol. The second-order valence-corrected chi connectivity index (χ2v) is 7.77. The molecule has 0 amide bonds. The van der Waals surface area contributed by atoms with Crippen molar-refractivity contribution in [2.75, 3.05) is 0 Å². The molecule has 1 N–H and O–H groups in total. The highest BCUT2D eigenvalue weighted by molar-refractivity contribution is 7.98. The Labute approximate surface area is 144 Å². The van der Waals surface area contributed by atoms with Crippen LogP contribution in [0.3, 0.4) is 0 Å². The van der Waals surface area contributed by atoms with E-state index in [1.54, 1.807) is 26.0 Å². The summed E-state index contributed by atoms with van der Waals surface area (Å²) in [6.07, 6.45) is 10.7. The lowest BCUT2D eigenvalue weighted by atomic mass is 10.1. The first kappa shape index (κ1) is 19.8. The van der Waals surface area contributed by atoms with Crippen LogP contribution in [0.15, 0.2) is 82.3 Å². The van der Waals surface area contributed by atoms with Crippen molar-refractivity contribution in [2.24, 2.45) is 0 Å². The Balaban J connectivity index is 2.84. The number of sulfone groups is 1. The first-order chi connectivity index (χ1) is 11.1. The van der Waals surface area contributed by atoms with E-state index < -0.39 is 9.84 Å². The summed E-state index contributed by atoms with van der Waals surface area (Å²) < 4.78 is 30.4. The second-order valence-electron chi connectivity index (χ2n) is 5.60. The molecule has 4 nitrogen and oxygen atoms in total. The normalized spacial score (nSPS) is 16.6. The zero-order chi connectivity index (χ0) is 18.3. The van der Waals surface area contributed by atoms with Crippen molar-refractivity contribution in [1.82, 2.24) is 0 Å². The molecule has 24 heavy (non-hydrogen) atoms. The summed E-state index contributed by atoms with van der Waals surface area (Å²) in [5.41, 5.74) is 1.18. The lowest BCUT2D eigenvalue weighted by molar-refractivity contribution is 0.324. The topological polar surface area (TPSA) is 63.6 Å². The lowest BCUT2D eigenvalue weighted by Gasteiger charge is -2.13. The van der Waals surface area contributed by atoms with Gasteiger partial charge in [-0.05, 0) is 64.0 Å². The fraction of sp³-hybridized carbons (Fsp3) is 0.263. The number of hydrogen-bond donors (Lipinski definition) is 1. The molecular formula is C19H24O4S. The molecule has 0 saturated carbocycles. The van der Waals surface area contributed by atoms with E-state index in [9.17, 15) is 8.42 Å². The summed E-state index contributed by atoms with van der Waals surface area (Å²) in [4.78, 5) is 0.692. The Morgan fingerprint density at radius 3 is 2.38 bits per heavy atom. The van der Waals surface area contributed by atoms with Gasteiger partial charge in [-0.3, -0.25) is 0 Å². The molecule has 0 fully saturated rings. The van der Waals surface area contributed by atoms with Crippen LogP contribution in [0.1, 0.15) is 33.6 Å². The summed E-state index contributed by atoms with van der Waals surface area (Å²) >= 11 is 0. The molecule has 1 aliphatic rings. The van der Waals surface area contributed by atoms with E-state index in [0.717, 1.165) is 6.42 Å². The Morgan fingerprint density at radius 2 is 1.83 bits per heavy atom. The summed E-state index contributed by atoms with van der Waals surface area (Å²) in [5, 5.41) is 8.96. The number of allylic oxidation sites excluding steroid dienone is 10. The van der Waals surface area contributed by atoms with E-state index in [1.165, 1.54) is 23.8 Å². The van der Waals surface area contributed by atoms with Gasteiger partial charge < -0.3 is 9.84 Å². The van der Waals surface area contributed by atoms with E-state index >= 15 is 0 Å². The Bertz CT molecular complexity index is 772. The highest BCUT2D eigenvalue weighted by Crippen LogP contribution is 2.27. The third-order valence-corrected chi connectivity index (χ3v) is 5.41. The zero-order valence-electron chi connectivity index (χ0n) is 14.4. The van der Waals surface area contributed by atoms with Gasteiger partial charge in [0, 0.05) is 9.81 Å². The molecule has 5 heteroatoms. The number of rotatable bonds is 7. The molecule has 0 unspecified atom stereocenters. The van der Waals surface area contributed by atoms with E-state index in [4.69, 9.17) is 9.84 Å². The highest BCUT2D eigenvalue weighted by Gasteiger charge is 2.20. The maximum absolute atomic E-state index is 12.5. The molecule has 0 heterocycles. The molecule has 0 radical (unpaired) electrons. The van der Waals surface area contributed by atoms with Gasteiger partial charge in [0.1, 0.15) is 17.3 Å². The van der Waals surface area contributed by atoms with Crippen LogP contribution in [0.2, 0.25) is 0 Å². The van der Waals surface area contributed by atoms with Crippen molar-refractivity contribution in [3.05, 3.63) is 82.3 Å². The predicted octanol–water partition coefficient (Wildman–Crippen LogP) is 4.99. The number of aliphatic hydroxyl groups is 1. The van der Waals surface area contributed by atoms with Crippen LogP contribution in [0.4, 0.5) is 0 Å². The van der Waals surface area contributed by atoms with Crippen molar-refractivity contribution >= 4 is 9.84 Å². The van der Waals surface area contributed by atoms with Crippen LogP contribution < -0.4 is 0 Å². The van der Waals surface area contributed by atoms with Crippen molar-refractivity contribution in [2.45, 2.75) is 33.6 Å². The van der Waals surface area contributed by atoms with Crippen LogP contribution in [0.5, 0.6) is 0 Å². The molecule has 1 aliphatic carbocycles. The minimum absolute atomic E-state index is 0.103. The van der Waals surface area contributed by atoms with Gasteiger partial charge >= 0.3 is 0 Å². The van der Waals surface area contributed by atoms with Gasteiger partial charge in [-0.25, -0.2) is 8.42 Å². The van der Waals surface area contributed by atoms with Gasteiger partial charge in [0.15, 0.2) is 9.84 Å². The van der Waals surface area contributed by atoms with E-state index in [1.807, 2.05) is 13.0 Å². The van der Waals surface area contributed by atoms with Gasteiger partial charge in [0.05, 0.1) is 0 Å². The molecule has 130 valence electrons. The van der Waals surface area contributed by atoms with Gasteiger partial charge in [0.2, 0.25) is 0 Å². The predicted molar refractivity (Wildman–Crippen MR) is 98.6 cm³/mol. The van der Waals surface area contributed by atoms with Crippen molar-refractivity contribution in [3.8, 4) is 0 Å². The average molecular weight is 348 g/mol. The number of ether oxygens (including phenoxy) is 1. The Hall–Kier alpha value is -2.27. The van der Waals surface area contributed by atoms with Crippen molar-refractivity contribution < 1.29 is 18.3 Å². The molecule has 0 aliphatic heterocycles. The molecule has 0 atom stereocenters. The van der Waals surface area contributed by atoms with E-state index in [-0.39, 0.29) is 10.7 Å². The lowest BCUT2D eigenvalue weighted by Crippen LogP contribution is -2.07. The quantitative estimate of drug-likeness (QED) is 0.520. The third kappa shape index (κ3) is 6.08. The zero-order valence-corrected chi connectivity index (χ0v) is 15.2. The SMILES string of the molecule is C=C(O)/C=C\C(=C)O/C(C)=C/C=C(\C)S(=O)(=O)C1=CC=C(C)CC1. The minimum Gasteiger partial charge on any atom is -0.509 e. The fourth-order valence-corrected chi connectivity index (χ4v) is 3.22. The summed E-state index contributed by atoms with van der Waals surface area (Å²) in [5.74, 6) is 0.688. The van der Waals surface area contributed by atoms with Gasteiger partial charge in [-0.1, -0.05) is 24.8 Å². The summed E-state index contributed by atoms with van der Waals surface area (Å²) in [7, 11) is -3.43. The molecule has 1 rings (SSSR count). The number of hydrogen-bond acceptors (Lipinski definition) is 4. The molecule has 0 aromatic heterocycles. The van der Waals surface area contributed by atoms with Crippen molar-refractivity contribution in [1.29, 1.82) is 0 Å². The molecule has 0 aromatic rings. The highest BCUT2D eigenvalue weighted by atomic mass is 32.2. The molecule has 0 aromatic carbocycles. The summed E-state index contributed by atoms with van der Waals surface area (Å²) in [6.45, 7) is 12.2. The first-order valence-corrected chi connectivity index (χ1v) is 9.00. The van der Waals surface area contributed by atoms with Gasteiger partial charge in [-0.15, -0.1) is 0 Å². The molecular weight excluding hydrogens is 324 g/mol. The van der Waals surface area contributed by atoms with E-state index in [0.29, 0.717) is 22.8 Å². The van der Waals surface area contributed by atoms with Crippen LogP contribution in [-0.4, -0.2) is 13.5 Å². The van der Waals surface area contributed by atoms with Crippen LogP contribution in [0.25, 0.3) is 0 Å². The Kier molecular flexibility index (Phi) is 7.04. The average Bonchev–Trinajstić information content (AvgIpc) is 2.51. The standard InChI is InChI=1S/C19H24O4S/c1-14-6-12-19(13-7-14)24(21,22)18(5)11-10-17(4)23-16(3)9-8-15(2)20/h6,8-12,20H,2-3,7,13H2,1,4-5H3/b9-8-,17-10+,18-11+. The molecule has 0 spiro atoms. The second kappa shape index (κ2) is 8.55. The van der Waals surface area contributed by atoms with Crippen LogP contribution in [-0.2, 0) is 14.6 Å². The molecule has 0 bridgehead atoms. The van der Waals surface area contributed by atoms with Gasteiger partial charge in [0.25, 0.3) is 0 Å². The van der Waals surface area contributed by atoms with E-state index in [2.05, 4.69) is 13.2 Å². The molecule has 0 saturated heterocycles.